The Morgan fingerprint density at radius 3 is 2.67 bits per heavy atom. The fraction of sp³-hybridized carbons (Fsp3) is 0.917. The molecule has 0 aliphatic carbocycles. The van der Waals surface area contributed by atoms with Gasteiger partial charge in [-0.3, -0.25) is 10.4 Å². The monoisotopic (exact) mass is 259 g/mol. The summed E-state index contributed by atoms with van der Waals surface area (Å²) in [6, 6.07) is 0. The third-order valence-corrected chi connectivity index (χ3v) is 2.62. The Kier molecular flexibility index (Phi) is 12.0. The molecule has 0 spiro atoms. The zero-order chi connectivity index (χ0) is 13.6. The molecule has 0 aromatic rings. The summed E-state index contributed by atoms with van der Waals surface area (Å²) in [4.78, 5) is 6.71. The number of hydrazine groups is 1. The largest absolute Gasteiger partial charge is 0.385 e. The van der Waals surface area contributed by atoms with Crippen molar-refractivity contribution in [3.8, 4) is 0 Å². The molecule has 6 heteroatoms. The average molecular weight is 259 g/mol. The molecule has 4 N–H and O–H groups in total. The minimum Gasteiger partial charge on any atom is -0.385 e. The van der Waals surface area contributed by atoms with Gasteiger partial charge in [-0.05, 0) is 25.9 Å². The van der Waals surface area contributed by atoms with Crippen molar-refractivity contribution in [2.45, 2.75) is 26.7 Å². The molecular formula is C12H29N5O. The Bertz CT molecular complexity index is 211. The van der Waals surface area contributed by atoms with Crippen LogP contribution in [0.4, 0.5) is 0 Å². The van der Waals surface area contributed by atoms with Crippen molar-refractivity contribution in [1.82, 2.24) is 15.6 Å². The molecule has 0 rings (SSSR count). The Morgan fingerprint density at radius 1 is 1.33 bits per heavy atom. The summed E-state index contributed by atoms with van der Waals surface area (Å²) in [5.74, 6) is 6.06. The van der Waals surface area contributed by atoms with Gasteiger partial charge < -0.3 is 15.0 Å². The number of methoxy groups -OCH3 is 1. The molecule has 0 aromatic carbocycles. The molecule has 0 aromatic heterocycles. The van der Waals surface area contributed by atoms with Gasteiger partial charge in [0, 0.05) is 33.4 Å². The highest BCUT2D eigenvalue weighted by molar-refractivity contribution is 5.79. The molecule has 0 saturated carbocycles. The van der Waals surface area contributed by atoms with E-state index >= 15 is 0 Å². The van der Waals surface area contributed by atoms with Crippen LogP contribution in [0.1, 0.15) is 26.7 Å². The average Bonchev–Trinajstić information content (AvgIpc) is 2.40. The topological polar surface area (TPSA) is 74.9 Å². The molecule has 0 saturated heterocycles. The molecule has 0 aliphatic rings. The molecule has 6 nitrogen and oxygen atoms in total. The molecule has 0 atom stereocenters. The van der Waals surface area contributed by atoms with E-state index in [0.717, 1.165) is 39.2 Å². The van der Waals surface area contributed by atoms with Crippen molar-refractivity contribution in [3.05, 3.63) is 0 Å². The van der Waals surface area contributed by atoms with Gasteiger partial charge in [0.25, 0.3) is 0 Å². The van der Waals surface area contributed by atoms with Crippen LogP contribution in [0.3, 0.4) is 0 Å². The van der Waals surface area contributed by atoms with Gasteiger partial charge in [-0.1, -0.05) is 13.8 Å². The fourth-order valence-corrected chi connectivity index (χ4v) is 1.63. The standard InChI is InChI=1S/C12H29N5O/c1-4-9-17(5-2)10-8-15-12(16-13)14-7-6-11-18-3/h4-11,13H2,1-3H3,(H2,14,15,16). The number of nitrogens with zero attached hydrogens (tertiary/aromatic N) is 2. The number of aliphatic imine (C=N–C) groups is 1. The summed E-state index contributed by atoms with van der Waals surface area (Å²) >= 11 is 0. The summed E-state index contributed by atoms with van der Waals surface area (Å²) < 4.78 is 4.96. The van der Waals surface area contributed by atoms with Gasteiger partial charge in [-0.25, -0.2) is 5.84 Å². The number of ether oxygens (including phenoxy) is 1. The quantitative estimate of drug-likeness (QED) is 0.171. The van der Waals surface area contributed by atoms with Gasteiger partial charge in [0.15, 0.2) is 0 Å². The Balaban J connectivity index is 3.77. The maximum Gasteiger partial charge on any atom is 0.205 e. The number of nitrogens with one attached hydrogen (secondary N) is 2. The highest BCUT2D eigenvalue weighted by Gasteiger charge is 2.01. The van der Waals surface area contributed by atoms with E-state index in [4.69, 9.17) is 10.6 Å². The second kappa shape index (κ2) is 12.6. The molecular weight excluding hydrogens is 230 g/mol. The Labute approximate surface area is 111 Å². The van der Waals surface area contributed by atoms with E-state index in [1.54, 1.807) is 7.11 Å². The number of rotatable bonds is 10. The summed E-state index contributed by atoms with van der Waals surface area (Å²) in [6.07, 6.45) is 2.08. The number of hydrogen-bond donors (Lipinski definition) is 3. The van der Waals surface area contributed by atoms with Gasteiger partial charge in [0.2, 0.25) is 5.96 Å². The van der Waals surface area contributed by atoms with Gasteiger partial charge in [0.05, 0.1) is 0 Å². The number of hydrogen-bond acceptors (Lipinski definition) is 4. The van der Waals surface area contributed by atoms with E-state index in [9.17, 15) is 0 Å². The summed E-state index contributed by atoms with van der Waals surface area (Å²) in [5.41, 5.74) is 2.58. The van der Waals surface area contributed by atoms with Crippen LogP contribution in [0, 0.1) is 0 Å². The van der Waals surface area contributed by atoms with E-state index in [-0.39, 0.29) is 0 Å². The first-order chi connectivity index (χ1) is 8.78. The zero-order valence-corrected chi connectivity index (χ0v) is 12.0. The predicted octanol–water partition coefficient (Wildman–Crippen LogP) is 0.164. The normalized spacial score (nSPS) is 11.9. The lowest BCUT2D eigenvalue weighted by molar-refractivity contribution is 0.197. The Hall–Kier alpha value is -0.850. The van der Waals surface area contributed by atoms with Gasteiger partial charge in [0.1, 0.15) is 0 Å². The minimum absolute atomic E-state index is 0.652. The van der Waals surface area contributed by atoms with Crippen LogP contribution in [-0.2, 0) is 4.74 Å². The van der Waals surface area contributed by atoms with Crippen LogP contribution >= 0.6 is 0 Å². The van der Waals surface area contributed by atoms with Gasteiger partial charge >= 0.3 is 0 Å². The van der Waals surface area contributed by atoms with Gasteiger partial charge in [-0.15, -0.1) is 0 Å². The predicted molar refractivity (Wildman–Crippen MR) is 76.5 cm³/mol. The summed E-state index contributed by atoms with van der Waals surface area (Å²) in [7, 11) is 1.69. The van der Waals surface area contributed by atoms with E-state index in [2.05, 4.69) is 34.5 Å². The van der Waals surface area contributed by atoms with Crippen LogP contribution in [0.15, 0.2) is 4.99 Å². The van der Waals surface area contributed by atoms with Crippen LogP contribution < -0.4 is 16.6 Å². The maximum absolute atomic E-state index is 5.41. The number of guanidine groups is 1. The minimum atomic E-state index is 0.652. The van der Waals surface area contributed by atoms with Crippen molar-refractivity contribution in [2.24, 2.45) is 10.8 Å². The van der Waals surface area contributed by atoms with Gasteiger partial charge in [-0.2, -0.15) is 0 Å². The van der Waals surface area contributed by atoms with E-state index in [1.807, 2.05) is 0 Å². The Morgan fingerprint density at radius 2 is 2.11 bits per heavy atom. The van der Waals surface area contributed by atoms with Crippen LogP contribution in [0.5, 0.6) is 0 Å². The fourth-order valence-electron chi connectivity index (χ4n) is 1.63. The van der Waals surface area contributed by atoms with Crippen molar-refractivity contribution in [2.75, 3.05) is 46.4 Å². The first-order valence-corrected chi connectivity index (χ1v) is 6.74. The lowest BCUT2D eigenvalue weighted by Crippen LogP contribution is -2.44. The second-order valence-corrected chi connectivity index (χ2v) is 4.08. The molecule has 18 heavy (non-hydrogen) atoms. The first-order valence-electron chi connectivity index (χ1n) is 6.74. The number of likely N-dealkylation sites (N-methyl/N-ethyl adjacent to an activating group) is 1. The highest BCUT2D eigenvalue weighted by Crippen LogP contribution is 1.89. The summed E-state index contributed by atoms with van der Waals surface area (Å²) in [5, 5.41) is 3.20. The van der Waals surface area contributed by atoms with Crippen molar-refractivity contribution < 1.29 is 4.74 Å². The molecule has 108 valence electrons. The van der Waals surface area contributed by atoms with E-state index in [0.29, 0.717) is 12.5 Å². The molecule has 0 fully saturated rings. The van der Waals surface area contributed by atoms with E-state index in [1.165, 1.54) is 6.42 Å². The molecule has 0 radical (unpaired) electrons. The molecule has 0 heterocycles. The summed E-state index contributed by atoms with van der Waals surface area (Å²) in [6.45, 7) is 9.87. The smallest absolute Gasteiger partial charge is 0.205 e. The van der Waals surface area contributed by atoms with Crippen LogP contribution in [-0.4, -0.2) is 57.3 Å². The highest BCUT2D eigenvalue weighted by atomic mass is 16.5. The van der Waals surface area contributed by atoms with Crippen molar-refractivity contribution >= 4 is 5.96 Å². The van der Waals surface area contributed by atoms with Crippen molar-refractivity contribution in [3.63, 3.8) is 0 Å². The van der Waals surface area contributed by atoms with Crippen molar-refractivity contribution in [1.29, 1.82) is 0 Å². The van der Waals surface area contributed by atoms with Crippen LogP contribution in [0.2, 0.25) is 0 Å². The SMILES string of the molecule is CCCN(CC)CCNC(=NCCCOC)NN. The second-order valence-electron chi connectivity index (χ2n) is 4.08. The molecule has 0 aliphatic heterocycles. The number of nitrogens with two attached hydrogens (primary N) is 1. The van der Waals surface area contributed by atoms with Crippen LogP contribution in [0.25, 0.3) is 0 Å². The molecule has 0 unspecified atom stereocenters. The maximum atomic E-state index is 5.41. The third kappa shape index (κ3) is 9.21. The zero-order valence-electron chi connectivity index (χ0n) is 12.0. The third-order valence-electron chi connectivity index (χ3n) is 2.62. The molecule has 0 amide bonds. The lowest BCUT2D eigenvalue weighted by Gasteiger charge is -2.20. The first kappa shape index (κ1) is 17.2. The van der Waals surface area contributed by atoms with E-state index < -0.39 is 0 Å². The lowest BCUT2D eigenvalue weighted by atomic mass is 10.4. The molecule has 0 bridgehead atoms.